The van der Waals surface area contributed by atoms with Gasteiger partial charge in [0.25, 0.3) is 5.91 Å². The molecule has 1 aromatic carbocycles. The Balaban J connectivity index is 1.65. The van der Waals surface area contributed by atoms with E-state index >= 15 is 0 Å². The second kappa shape index (κ2) is 8.47. The molecular weight excluding hydrogens is 435 g/mol. The van der Waals surface area contributed by atoms with Gasteiger partial charge in [0.05, 0.1) is 23.7 Å². The summed E-state index contributed by atoms with van der Waals surface area (Å²) >= 11 is 0. The summed E-state index contributed by atoms with van der Waals surface area (Å²) in [6.07, 6.45) is 0.545. The monoisotopic (exact) mass is 459 g/mol. The van der Waals surface area contributed by atoms with Crippen LogP contribution < -0.4 is 5.73 Å². The highest BCUT2D eigenvalue weighted by Gasteiger charge is 2.32. The lowest BCUT2D eigenvalue weighted by atomic mass is 9.92. The van der Waals surface area contributed by atoms with Crippen molar-refractivity contribution in [3.8, 4) is 17.1 Å². The number of amides is 1. The average molecular weight is 459 g/mol. The van der Waals surface area contributed by atoms with Gasteiger partial charge in [-0.15, -0.1) is 0 Å². The zero-order valence-corrected chi connectivity index (χ0v) is 18.5. The van der Waals surface area contributed by atoms with Crippen molar-refractivity contribution in [2.75, 3.05) is 32.9 Å². The molecule has 0 unspecified atom stereocenters. The first-order valence-corrected chi connectivity index (χ1v) is 10.3. The molecule has 1 aliphatic rings. The van der Waals surface area contributed by atoms with E-state index in [0.717, 1.165) is 32.1 Å². The number of carbonyl (C=O) groups excluding carboxylic acids is 1. The molecule has 0 spiro atoms. The number of alkyl halides is 3. The van der Waals surface area contributed by atoms with Crippen LogP contribution in [0.1, 0.15) is 27.0 Å². The fraction of sp³-hybridized carbons (Fsp3) is 0.364. The van der Waals surface area contributed by atoms with Crippen LogP contribution in [0.5, 0.6) is 0 Å². The number of hydrogen-bond donors (Lipinski definition) is 1. The molecule has 11 heteroatoms. The normalized spacial score (nSPS) is 14.2. The third kappa shape index (κ3) is 4.82. The number of aromatic nitrogens is 4. The quantitative estimate of drug-likeness (QED) is 0.645. The van der Waals surface area contributed by atoms with Crippen LogP contribution in [0, 0.1) is 6.92 Å². The van der Waals surface area contributed by atoms with Gasteiger partial charge in [0.15, 0.2) is 11.6 Å². The van der Waals surface area contributed by atoms with Gasteiger partial charge < -0.3 is 15.5 Å². The predicted octanol–water partition coefficient (Wildman–Crippen LogP) is 2.84. The first-order chi connectivity index (χ1) is 15.5. The van der Waals surface area contributed by atoms with Crippen molar-refractivity contribution in [1.82, 2.24) is 29.5 Å². The van der Waals surface area contributed by atoms with Crippen molar-refractivity contribution < 1.29 is 18.0 Å². The number of nitrogens with zero attached hydrogens (tertiary/aromatic N) is 6. The maximum absolute atomic E-state index is 12.6. The highest BCUT2D eigenvalue weighted by atomic mass is 19.4. The predicted molar refractivity (Wildman–Crippen MR) is 117 cm³/mol. The van der Waals surface area contributed by atoms with Crippen LogP contribution in [-0.2, 0) is 13.0 Å². The molecule has 3 aromatic rings. The third-order valence-corrected chi connectivity index (χ3v) is 5.64. The van der Waals surface area contributed by atoms with E-state index in [9.17, 15) is 18.0 Å². The third-order valence-electron chi connectivity index (χ3n) is 5.64. The molecule has 0 atom stereocenters. The van der Waals surface area contributed by atoms with Crippen LogP contribution in [0.3, 0.4) is 0 Å². The number of rotatable bonds is 4. The van der Waals surface area contributed by atoms with E-state index in [4.69, 9.17) is 5.73 Å². The molecule has 174 valence electrons. The molecule has 8 nitrogen and oxygen atoms in total. The number of aryl methyl sites for hydroxylation is 1. The molecule has 0 radical (unpaired) electrons. The molecule has 2 N–H and O–H groups in total. The summed E-state index contributed by atoms with van der Waals surface area (Å²) in [4.78, 5) is 24.0. The van der Waals surface area contributed by atoms with Crippen LogP contribution in [0.4, 0.5) is 19.0 Å². The first-order valence-electron chi connectivity index (χ1n) is 10.3. The number of halogens is 3. The van der Waals surface area contributed by atoms with E-state index < -0.39 is 18.6 Å². The van der Waals surface area contributed by atoms with E-state index in [1.165, 1.54) is 33.8 Å². The minimum atomic E-state index is -4.49. The molecule has 0 fully saturated rings. The Morgan fingerprint density at radius 1 is 1.27 bits per heavy atom. The summed E-state index contributed by atoms with van der Waals surface area (Å²) in [6, 6.07) is 4.14. The number of hydrogen-bond acceptors (Lipinski definition) is 6. The Bertz CT molecular complexity index is 1210. The summed E-state index contributed by atoms with van der Waals surface area (Å²) in [7, 11) is 3.16. The van der Waals surface area contributed by atoms with E-state index in [2.05, 4.69) is 46.1 Å². The largest absolute Gasteiger partial charge is 0.406 e. The molecule has 1 aliphatic heterocycles. The summed E-state index contributed by atoms with van der Waals surface area (Å²) in [6.45, 7) is 2.57. The number of nitrogen functional groups attached to an aromatic ring is 1. The van der Waals surface area contributed by atoms with E-state index in [1.807, 2.05) is 0 Å². The lowest BCUT2D eigenvalue weighted by Gasteiger charge is -2.27. The number of carbonyl (C=O) groups is 1. The fourth-order valence-corrected chi connectivity index (χ4v) is 4.02. The van der Waals surface area contributed by atoms with E-state index in [-0.39, 0.29) is 17.2 Å². The Hall–Kier alpha value is -3.47. The maximum atomic E-state index is 12.6. The number of fused-ring (bicyclic) bond motifs is 1. The van der Waals surface area contributed by atoms with Gasteiger partial charge in [0.2, 0.25) is 0 Å². The minimum Gasteiger partial charge on any atom is -0.381 e. The molecule has 0 saturated carbocycles. The zero-order valence-electron chi connectivity index (χ0n) is 18.5. The van der Waals surface area contributed by atoms with Crippen molar-refractivity contribution in [3.05, 3.63) is 53.0 Å². The Labute approximate surface area is 188 Å². The van der Waals surface area contributed by atoms with Crippen molar-refractivity contribution in [2.45, 2.75) is 26.1 Å². The van der Waals surface area contributed by atoms with Crippen LogP contribution in [0.15, 0.2) is 30.7 Å². The van der Waals surface area contributed by atoms with Crippen LogP contribution >= 0.6 is 0 Å². The van der Waals surface area contributed by atoms with Crippen LogP contribution in [0.25, 0.3) is 17.1 Å². The summed E-state index contributed by atoms with van der Waals surface area (Å²) < 4.78 is 39.1. The lowest BCUT2D eigenvalue weighted by Crippen LogP contribution is -2.35. The smallest absolute Gasteiger partial charge is 0.381 e. The van der Waals surface area contributed by atoms with Gasteiger partial charge in [0.1, 0.15) is 6.54 Å². The second-order valence-corrected chi connectivity index (χ2v) is 8.33. The Morgan fingerprint density at radius 2 is 2.03 bits per heavy atom. The highest BCUT2D eigenvalue weighted by molar-refractivity contribution is 5.93. The molecule has 1 amide bonds. The minimum absolute atomic E-state index is 0.0129. The summed E-state index contributed by atoms with van der Waals surface area (Å²) in [5.74, 6) is -0.535. The number of nitrogens with two attached hydrogens (primary N) is 1. The van der Waals surface area contributed by atoms with Crippen molar-refractivity contribution in [2.24, 2.45) is 0 Å². The van der Waals surface area contributed by atoms with Gasteiger partial charge in [0, 0.05) is 31.9 Å². The van der Waals surface area contributed by atoms with Gasteiger partial charge in [-0.2, -0.15) is 18.3 Å². The summed E-state index contributed by atoms with van der Waals surface area (Å²) in [5.41, 5.74) is 11.2. The second-order valence-electron chi connectivity index (χ2n) is 8.33. The van der Waals surface area contributed by atoms with Gasteiger partial charge in [-0.05, 0) is 49.2 Å². The zero-order chi connectivity index (χ0) is 23.9. The molecular formula is C22H24F3N7O. The number of likely N-dealkylation sites (N-methyl/N-ethyl adjacent to an activating group) is 1. The van der Waals surface area contributed by atoms with Gasteiger partial charge >= 0.3 is 6.18 Å². The van der Waals surface area contributed by atoms with Gasteiger partial charge in [-0.1, -0.05) is 0 Å². The van der Waals surface area contributed by atoms with Crippen LogP contribution in [0.2, 0.25) is 0 Å². The van der Waals surface area contributed by atoms with E-state index in [1.54, 1.807) is 6.20 Å². The SMILES string of the molecule is Cc1cc(-c2cnc(N)c(-n3cc(C(=O)N(C)CC(F)(F)F)cn3)n2)cc2c1CCN(C)C2. The number of anilines is 1. The molecule has 2 aromatic heterocycles. The van der Waals surface area contributed by atoms with E-state index in [0.29, 0.717) is 10.6 Å². The lowest BCUT2D eigenvalue weighted by molar-refractivity contribution is -0.138. The number of benzene rings is 1. The summed E-state index contributed by atoms with van der Waals surface area (Å²) in [5, 5.41) is 4.08. The maximum Gasteiger partial charge on any atom is 0.406 e. The molecule has 4 rings (SSSR count). The first kappa shape index (κ1) is 22.7. The molecule has 0 bridgehead atoms. The Kier molecular flexibility index (Phi) is 5.83. The molecule has 3 heterocycles. The highest BCUT2D eigenvalue weighted by Crippen LogP contribution is 2.29. The Morgan fingerprint density at radius 3 is 2.76 bits per heavy atom. The van der Waals surface area contributed by atoms with Crippen LogP contribution in [-0.4, -0.2) is 68.8 Å². The van der Waals surface area contributed by atoms with Crippen molar-refractivity contribution in [1.29, 1.82) is 0 Å². The van der Waals surface area contributed by atoms with Crippen molar-refractivity contribution in [3.63, 3.8) is 0 Å². The molecule has 0 aliphatic carbocycles. The molecule has 33 heavy (non-hydrogen) atoms. The van der Waals surface area contributed by atoms with Gasteiger partial charge in [-0.25, -0.2) is 14.6 Å². The topological polar surface area (TPSA) is 93.2 Å². The molecule has 0 saturated heterocycles. The van der Waals surface area contributed by atoms with Gasteiger partial charge in [-0.3, -0.25) is 4.79 Å². The van der Waals surface area contributed by atoms with Crippen molar-refractivity contribution >= 4 is 11.7 Å². The standard InChI is InChI=1S/C22H24F3N7O/c1-13-6-14(7-15-10-30(2)5-4-17(13)15)18-9-27-19(26)20(29-18)32-11-16(8-28-32)21(33)31(3)12-22(23,24)25/h6-9,11H,4-5,10,12H2,1-3H3,(H2,26,27). The average Bonchev–Trinajstić information content (AvgIpc) is 3.21. The fourth-order valence-electron chi connectivity index (χ4n) is 4.02.